The third-order valence-corrected chi connectivity index (χ3v) is 4.09. The van der Waals surface area contributed by atoms with Crippen molar-refractivity contribution < 1.29 is 4.79 Å². The van der Waals surface area contributed by atoms with Crippen molar-refractivity contribution in [2.24, 2.45) is 0 Å². The van der Waals surface area contributed by atoms with E-state index in [0.29, 0.717) is 11.6 Å². The van der Waals surface area contributed by atoms with Gasteiger partial charge in [0.1, 0.15) is 0 Å². The number of aromatic nitrogens is 4. The Morgan fingerprint density at radius 3 is 2.71 bits per heavy atom. The van der Waals surface area contributed by atoms with E-state index in [-0.39, 0.29) is 5.91 Å². The molecular formula is C21H16N6O. The van der Waals surface area contributed by atoms with Crippen molar-refractivity contribution >= 4 is 34.1 Å². The minimum Gasteiger partial charge on any atom is -0.326 e. The van der Waals surface area contributed by atoms with Crippen LogP contribution in [0.5, 0.6) is 0 Å². The van der Waals surface area contributed by atoms with Crippen LogP contribution in [0.1, 0.15) is 12.5 Å². The number of amides is 1. The maximum Gasteiger partial charge on any atom is 0.227 e. The first-order valence-corrected chi connectivity index (χ1v) is 8.53. The van der Waals surface area contributed by atoms with Gasteiger partial charge in [-0.25, -0.2) is 9.97 Å². The van der Waals surface area contributed by atoms with E-state index in [1.807, 2.05) is 36.4 Å². The lowest BCUT2D eigenvalue weighted by atomic mass is 10.1. The minimum absolute atomic E-state index is 0.151. The lowest BCUT2D eigenvalue weighted by molar-refractivity contribution is -0.114. The van der Waals surface area contributed by atoms with Crippen molar-refractivity contribution in [1.82, 2.24) is 20.2 Å². The molecule has 7 heteroatoms. The third-order valence-electron chi connectivity index (χ3n) is 4.09. The fourth-order valence-electron chi connectivity index (χ4n) is 2.86. The topological polar surface area (TPSA) is 95.6 Å². The molecule has 2 aromatic heterocycles. The summed E-state index contributed by atoms with van der Waals surface area (Å²) in [6, 6.07) is 11.2. The molecule has 0 atom stereocenters. The number of nitrogens with one attached hydrogen (secondary N) is 3. The summed E-state index contributed by atoms with van der Waals surface area (Å²) in [5.74, 6) is 2.89. The molecule has 0 saturated carbocycles. The molecule has 0 aliphatic heterocycles. The molecule has 0 aliphatic rings. The monoisotopic (exact) mass is 368 g/mol. The second kappa shape index (κ2) is 7.21. The van der Waals surface area contributed by atoms with Gasteiger partial charge in [0.05, 0.1) is 11.7 Å². The molecule has 0 saturated heterocycles. The molecule has 0 aliphatic carbocycles. The van der Waals surface area contributed by atoms with E-state index in [4.69, 9.17) is 6.42 Å². The van der Waals surface area contributed by atoms with Crippen molar-refractivity contribution in [3.05, 3.63) is 60.6 Å². The Kier molecular flexibility index (Phi) is 4.44. The van der Waals surface area contributed by atoms with Gasteiger partial charge in [0.15, 0.2) is 0 Å². The quantitative estimate of drug-likeness (QED) is 0.477. The van der Waals surface area contributed by atoms with Gasteiger partial charge in [0.2, 0.25) is 11.9 Å². The van der Waals surface area contributed by atoms with Crippen LogP contribution in [-0.2, 0) is 4.79 Å². The second-order valence-corrected chi connectivity index (χ2v) is 6.20. The lowest BCUT2D eigenvalue weighted by Crippen LogP contribution is -2.06. The number of rotatable bonds is 4. The third kappa shape index (κ3) is 3.66. The fourth-order valence-corrected chi connectivity index (χ4v) is 2.86. The number of carbonyl (C=O) groups is 1. The summed E-state index contributed by atoms with van der Waals surface area (Å²) in [5.41, 5.74) is 4.75. The Hall–Kier alpha value is -4.18. The van der Waals surface area contributed by atoms with E-state index < -0.39 is 0 Å². The zero-order chi connectivity index (χ0) is 19.5. The fraction of sp³-hybridized carbons (Fsp3) is 0.0476. The summed E-state index contributed by atoms with van der Waals surface area (Å²) in [7, 11) is 0. The molecule has 0 radical (unpaired) electrons. The van der Waals surface area contributed by atoms with Crippen molar-refractivity contribution in [3.8, 4) is 23.5 Å². The molecule has 4 rings (SSSR count). The number of fused-ring (bicyclic) bond motifs is 1. The number of hydrogen-bond acceptors (Lipinski definition) is 5. The van der Waals surface area contributed by atoms with Crippen LogP contribution in [0.3, 0.4) is 0 Å². The van der Waals surface area contributed by atoms with Crippen LogP contribution < -0.4 is 10.6 Å². The predicted octanol–water partition coefficient (Wildman–Crippen LogP) is 3.70. The molecule has 28 heavy (non-hydrogen) atoms. The smallest absolute Gasteiger partial charge is 0.227 e. The van der Waals surface area contributed by atoms with Gasteiger partial charge in [-0.2, -0.15) is 5.10 Å². The Morgan fingerprint density at radius 2 is 1.96 bits per heavy atom. The lowest BCUT2D eigenvalue weighted by Gasteiger charge is -2.11. The summed E-state index contributed by atoms with van der Waals surface area (Å²) < 4.78 is 0. The number of aromatic amines is 1. The largest absolute Gasteiger partial charge is 0.326 e. The molecule has 0 spiro atoms. The van der Waals surface area contributed by atoms with Crippen molar-refractivity contribution in [2.75, 3.05) is 10.6 Å². The first-order chi connectivity index (χ1) is 13.6. The number of hydrogen-bond donors (Lipinski definition) is 3. The molecule has 2 heterocycles. The molecule has 7 nitrogen and oxygen atoms in total. The van der Waals surface area contributed by atoms with Crippen LogP contribution in [0.2, 0.25) is 0 Å². The first kappa shape index (κ1) is 17.2. The molecule has 1 amide bonds. The minimum atomic E-state index is -0.151. The van der Waals surface area contributed by atoms with Gasteiger partial charge in [-0.3, -0.25) is 9.89 Å². The number of benzene rings is 2. The van der Waals surface area contributed by atoms with Crippen molar-refractivity contribution in [2.45, 2.75) is 6.92 Å². The molecule has 0 fully saturated rings. The van der Waals surface area contributed by atoms with Crippen LogP contribution in [0.25, 0.3) is 22.0 Å². The zero-order valence-electron chi connectivity index (χ0n) is 15.0. The van der Waals surface area contributed by atoms with E-state index in [0.717, 1.165) is 33.3 Å². The molecule has 0 bridgehead atoms. The van der Waals surface area contributed by atoms with Gasteiger partial charge in [0, 0.05) is 47.2 Å². The van der Waals surface area contributed by atoms with Gasteiger partial charge >= 0.3 is 0 Å². The molecule has 3 N–H and O–H groups in total. The number of anilines is 3. The molecule has 4 aromatic rings. The molecule has 2 aromatic carbocycles. The van der Waals surface area contributed by atoms with Crippen LogP contribution in [0.4, 0.5) is 17.3 Å². The second-order valence-electron chi connectivity index (χ2n) is 6.20. The first-order valence-electron chi connectivity index (χ1n) is 8.53. The summed E-state index contributed by atoms with van der Waals surface area (Å²) in [4.78, 5) is 20.4. The summed E-state index contributed by atoms with van der Waals surface area (Å²) >= 11 is 0. The highest BCUT2D eigenvalue weighted by Gasteiger charge is 2.08. The Bertz CT molecular complexity index is 1210. The molecule has 136 valence electrons. The highest BCUT2D eigenvalue weighted by Crippen LogP contribution is 2.28. The van der Waals surface area contributed by atoms with Crippen molar-refractivity contribution in [3.63, 3.8) is 0 Å². The number of carbonyl (C=O) groups excluding carboxylic acids is 1. The van der Waals surface area contributed by atoms with E-state index in [9.17, 15) is 4.79 Å². The Labute approximate surface area is 161 Å². The van der Waals surface area contributed by atoms with Gasteiger partial charge in [-0.1, -0.05) is 5.92 Å². The summed E-state index contributed by atoms with van der Waals surface area (Å²) in [5, 5.41) is 13.6. The van der Waals surface area contributed by atoms with Crippen molar-refractivity contribution in [1.29, 1.82) is 0 Å². The van der Waals surface area contributed by atoms with Gasteiger partial charge in [0.25, 0.3) is 0 Å². The SMILES string of the molecule is C#Cc1ccc2nc(Nc3cc(NC(C)=O)cc(-c4cn[nH]c4)c3)ncc2c1. The predicted molar refractivity (Wildman–Crippen MR) is 109 cm³/mol. The normalized spacial score (nSPS) is 10.4. The van der Waals surface area contributed by atoms with E-state index in [1.54, 1.807) is 18.6 Å². The average Bonchev–Trinajstić information content (AvgIpc) is 3.22. The van der Waals surface area contributed by atoms with Crippen LogP contribution in [-0.4, -0.2) is 26.1 Å². The number of nitrogens with zero attached hydrogens (tertiary/aromatic N) is 3. The Morgan fingerprint density at radius 1 is 1.11 bits per heavy atom. The van der Waals surface area contributed by atoms with E-state index in [2.05, 4.69) is 36.7 Å². The standard InChI is InChI=1S/C21H16N6O/c1-3-14-4-5-20-16(6-14)10-22-21(27-20)26-19-8-15(17-11-23-24-12-17)7-18(9-19)25-13(2)28/h1,4-12H,2H3,(H,23,24)(H,25,28)(H,22,26,27). The van der Waals surface area contributed by atoms with Crippen LogP contribution in [0, 0.1) is 12.3 Å². The highest BCUT2D eigenvalue weighted by molar-refractivity contribution is 5.91. The highest BCUT2D eigenvalue weighted by atomic mass is 16.1. The van der Waals surface area contributed by atoms with E-state index >= 15 is 0 Å². The average molecular weight is 368 g/mol. The molecule has 0 unspecified atom stereocenters. The summed E-state index contributed by atoms with van der Waals surface area (Å²) in [6.45, 7) is 1.47. The van der Waals surface area contributed by atoms with Crippen LogP contribution in [0.15, 0.2) is 55.0 Å². The van der Waals surface area contributed by atoms with Gasteiger partial charge in [-0.15, -0.1) is 6.42 Å². The maximum absolute atomic E-state index is 11.5. The summed E-state index contributed by atoms with van der Waals surface area (Å²) in [6.07, 6.45) is 10.7. The Balaban J connectivity index is 1.70. The number of terminal acetylenes is 1. The van der Waals surface area contributed by atoms with E-state index in [1.165, 1.54) is 6.92 Å². The molecular weight excluding hydrogens is 352 g/mol. The number of H-pyrrole nitrogens is 1. The van der Waals surface area contributed by atoms with Crippen LogP contribution >= 0.6 is 0 Å². The van der Waals surface area contributed by atoms with Gasteiger partial charge in [-0.05, 0) is 42.0 Å². The maximum atomic E-state index is 11.5. The zero-order valence-corrected chi connectivity index (χ0v) is 15.0. The van der Waals surface area contributed by atoms with Gasteiger partial charge < -0.3 is 10.6 Å².